The van der Waals surface area contributed by atoms with Gasteiger partial charge in [0.25, 0.3) is 5.91 Å². The van der Waals surface area contributed by atoms with E-state index in [1.807, 2.05) is 28.5 Å². The summed E-state index contributed by atoms with van der Waals surface area (Å²) < 4.78 is 5.94. The highest BCUT2D eigenvalue weighted by Gasteiger charge is 2.41. The van der Waals surface area contributed by atoms with Crippen molar-refractivity contribution in [1.82, 2.24) is 9.80 Å². The number of nitrogens with zero attached hydrogens (tertiary/aromatic N) is 2. The molecule has 0 bridgehead atoms. The summed E-state index contributed by atoms with van der Waals surface area (Å²) in [5, 5.41) is 1.95. The molecule has 3 heterocycles. The molecule has 2 atom stereocenters. The first-order chi connectivity index (χ1) is 11.3. The van der Waals surface area contributed by atoms with Crippen molar-refractivity contribution in [2.75, 3.05) is 26.2 Å². The summed E-state index contributed by atoms with van der Waals surface area (Å²) in [7, 11) is 0. The van der Waals surface area contributed by atoms with E-state index in [1.165, 1.54) is 16.9 Å². The number of likely N-dealkylation sites (tertiary alicyclic amines) is 1. The van der Waals surface area contributed by atoms with Gasteiger partial charge in [0.2, 0.25) is 0 Å². The Labute approximate surface area is 140 Å². The Hall–Kier alpha value is -1.69. The van der Waals surface area contributed by atoms with E-state index in [-0.39, 0.29) is 12.0 Å². The van der Waals surface area contributed by atoms with Crippen molar-refractivity contribution in [3.63, 3.8) is 0 Å². The molecule has 1 aromatic heterocycles. The third-order valence-corrected chi connectivity index (χ3v) is 5.52. The Bertz CT molecular complexity index is 659. The van der Waals surface area contributed by atoms with E-state index in [2.05, 4.69) is 29.2 Å². The molecule has 0 unspecified atom stereocenters. The van der Waals surface area contributed by atoms with Gasteiger partial charge >= 0.3 is 0 Å². The summed E-state index contributed by atoms with van der Waals surface area (Å²) in [5.74, 6) is 0.137. The van der Waals surface area contributed by atoms with Crippen LogP contribution in [0.1, 0.15) is 15.2 Å². The molecule has 2 saturated heterocycles. The molecule has 4 rings (SSSR count). The summed E-state index contributed by atoms with van der Waals surface area (Å²) in [6.45, 7) is 4.06. The Morgan fingerprint density at radius 2 is 2.04 bits per heavy atom. The van der Waals surface area contributed by atoms with Crippen LogP contribution in [0.5, 0.6) is 0 Å². The molecule has 23 heavy (non-hydrogen) atoms. The Morgan fingerprint density at radius 3 is 2.83 bits per heavy atom. The van der Waals surface area contributed by atoms with E-state index in [4.69, 9.17) is 4.74 Å². The molecule has 1 amide bonds. The van der Waals surface area contributed by atoms with Crippen molar-refractivity contribution in [1.29, 1.82) is 0 Å². The van der Waals surface area contributed by atoms with Crippen LogP contribution in [0.4, 0.5) is 0 Å². The van der Waals surface area contributed by atoms with Crippen LogP contribution in [0.2, 0.25) is 0 Å². The zero-order valence-corrected chi connectivity index (χ0v) is 13.7. The van der Waals surface area contributed by atoms with Crippen molar-refractivity contribution in [2.45, 2.75) is 18.7 Å². The van der Waals surface area contributed by atoms with Crippen LogP contribution in [0.25, 0.3) is 0 Å². The Balaban J connectivity index is 1.47. The average molecular weight is 328 g/mol. The molecule has 0 N–H and O–H groups in total. The van der Waals surface area contributed by atoms with Crippen LogP contribution in [0.15, 0.2) is 47.8 Å². The van der Waals surface area contributed by atoms with Gasteiger partial charge in [0.1, 0.15) is 0 Å². The van der Waals surface area contributed by atoms with Gasteiger partial charge in [0.05, 0.1) is 23.6 Å². The molecule has 0 spiro atoms. The highest BCUT2D eigenvalue weighted by atomic mass is 32.1. The van der Waals surface area contributed by atoms with E-state index in [0.717, 1.165) is 31.1 Å². The van der Waals surface area contributed by atoms with Gasteiger partial charge in [-0.1, -0.05) is 36.4 Å². The predicted octanol–water partition coefficient (Wildman–Crippen LogP) is 2.47. The largest absolute Gasteiger partial charge is 0.373 e. The molecular weight excluding hydrogens is 308 g/mol. The number of carbonyl (C=O) groups is 1. The van der Waals surface area contributed by atoms with Gasteiger partial charge in [-0.2, -0.15) is 0 Å². The number of morpholine rings is 1. The maximum absolute atomic E-state index is 12.6. The van der Waals surface area contributed by atoms with Crippen LogP contribution in [-0.4, -0.2) is 54.1 Å². The first kappa shape index (κ1) is 14.9. The van der Waals surface area contributed by atoms with E-state index in [1.54, 1.807) is 0 Å². The molecule has 1 aromatic carbocycles. The second kappa shape index (κ2) is 6.43. The molecular formula is C18H20N2O2S. The third kappa shape index (κ3) is 3.04. The summed E-state index contributed by atoms with van der Waals surface area (Å²) in [6.07, 6.45) is 0.136. The Morgan fingerprint density at radius 1 is 1.17 bits per heavy atom. The maximum Gasteiger partial charge on any atom is 0.264 e. The minimum atomic E-state index is 0.136. The normalized spacial score (nSPS) is 24.6. The van der Waals surface area contributed by atoms with E-state index in [9.17, 15) is 4.79 Å². The molecule has 0 aliphatic carbocycles. The first-order valence-electron chi connectivity index (χ1n) is 8.03. The van der Waals surface area contributed by atoms with Gasteiger partial charge in [-0.3, -0.25) is 9.69 Å². The van der Waals surface area contributed by atoms with Crippen molar-refractivity contribution in [3.8, 4) is 0 Å². The van der Waals surface area contributed by atoms with Crippen LogP contribution in [-0.2, 0) is 11.3 Å². The monoisotopic (exact) mass is 328 g/mol. The van der Waals surface area contributed by atoms with Gasteiger partial charge in [-0.15, -0.1) is 11.3 Å². The Kier molecular flexibility index (Phi) is 4.16. The lowest BCUT2D eigenvalue weighted by molar-refractivity contribution is -0.0503. The van der Waals surface area contributed by atoms with E-state index in [0.29, 0.717) is 12.6 Å². The third-order valence-electron chi connectivity index (χ3n) is 4.66. The fraction of sp³-hybridized carbons (Fsp3) is 0.389. The number of carbonyl (C=O) groups excluding carboxylic acids is 1. The second-order valence-corrected chi connectivity index (χ2v) is 7.07. The van der Waals surface area contributed by atoms with Gasteiger partial charge in [0, 0.05) is 26.2 Å². The molecule has 0 saturated carbocycles. The predicted molar refractivity (Wildman–Crippen MR) is 90.6 cm³/mol. The number of thiophene rings is 1. The van der Waals surface area contributed by atoms with E-state index >= 15 is 0 Å². The first-order valence-corrected chi connectivity index (χ1v) is 8.91. The maximum atomic E-state index is 12.6. The lowest BCUT2D eigenvalue weighted by Gasteiger charge is -2.36. The number of ether oxygens (including phenoxy) is 1. The lowest BCUT2D eigenvalue weighted by atomic mass is 10.1. The number of rotatable bonds is 3. The van der Waals surface area contributed by atoms with Crippen LogP contribution < -0.4 is 0 Å². The smallest absolute Gasteiger partial charge is 0.264 e. The fourth-order valence-corrected chi connectivity index (χ4v) is 4.19. The SMILES string of the molecule is O=C(c1cccs1)N1C[C@H]2OCCN(Cc3ccccc3)[C@H]2C1. The van der Waals surface area contributed by atoms with Crippen LogP contribution in [0, 0.1) is 0 Å². The molecule has 2 aliphatic heterocycles. The van der Waals surface area contributed by atoms with Crippen molar-refractivity contribution < 1.29 is 9.53 Å². The van der Waals surface area contributed by atoms with Crippen LogP contribution in [0.3, 0.4) is 0 Å². The minimum Gasteiger partial charge on any atom is -0.373 e. The average Bonchev–Trinajstić information content (AvgIpc) is 3.25. The summed E-state index contributed by atoms with van der Waals surface area (Å²) >= 11 is 1.51. The molecule has 2 fully saturated rings. The van der Waals surface area contributed by atoms with Crippen molar-refractivity contribution >= 4 is 17.2 Å². The highest BCUT2D eigenvalue weighted by Crippen LogP contribution is 2.26. The summed E-state index contributed by atoms with van der Waals surface area (Å²) in [4.78, 5) is 17.8. The van der Waals surface area contributed by atoms with Crippen LogP contribution >= 0.6 is 11.3 Å². The molecule has 5 heteroatoms. The number of hydrogen-bond donors (Lipinski definition) is 0. The molecule has 0 radical (unpaired) electrons. The minimum absolute atomic E-state index is 0.136. The number of benzene rings is 1. The fourth-order valence-electron chi connectivity index (χ4n) is 3.49. The topological polar surface area (TPSA) is 32.8 Å². The zero-order valence-electron chi connectivity index (χ0n) is 12.9. The van der Waals surface area contributed by atoms with Crippen molar-refractivity contribution in [2.24, 2.45) is 0 Å². The standard InChI is InChI=1S/C18H20N2O2S/c21-18(17-7-4-10-23-17)20-12-15-16(13-20)22-9-8-19(15)11-14-5-2-1-3-6-14/h1-7,10,15-16H,8-9,11-13H2/t15-,16+/m0/s1. The molecule has 4 nitrogen and oxygen atoms in total. The second-order valence-electron chi connectivity index (χ2n) is 6.12. The lowest BCUT2D eigenvalue weighted by Crippen LogP contribution is -2.50. The van der Waals surface area contributed by atoms with Gasteiger partial charge < -0.3 is 9.64 Å². The molecule has 120 valence electrons. The van der Waals surface area contributed by atoms with Gasteiger partial charge in [-0.05, 0) is 17.0 Å². The highest BCUT2D eigenvalue weighted by molar-refractivity contribution is 7.12. The van der Waals surface area contributed by atoms with Gasteiger partial charge in [0.15, 0.2) is 0 Å². The molecule has 2 aromatic rings. The number of hydrogen-bond acceptors (Lipinski definition) is 4. The van der Waals surface area contributed by atoms with Gasteiger partial charge in [-0.25, -0.2) is 0 Å². The molecule has 2 aliphatic rings. The quantitative estimate of drug-likeness (QED) is 0.868. The van der Waals surface area contributed by atoms with Crippen molar-refractivity contribution in [3.05, 3.63) is 58.3 Å². The number of fused-ring (bicyclic) bond motifs is 1. The number of amides is 1. The van der Waals surface area contributed by atoms with E-state index < -0.39 is 0 Å². The summed E-state index contributed by atoms with van der Waals surface area (Å²) in [6, 6.07) is 14.7. The summed E-state index contributed by atoms with van der Waals surface area (Å²) in [5.41, 5.74) is 1.32. The zero-order chi connectivity index (χ0) is 15.6.